The summed E-state index contributed by atoms with van der Waals surface area (Å²) < 4.78 is 31.1. The minimum absolute atomic E-state index is 0.145. The normalized spacial score (nSPS) is 13.6. The highest BCUT2D eigenvalue weighted by Crippen LogP contribution is 2.26. The van der Waals surface area contributed by atoms with Crippen molar-refractivity contribution in [2.75, 3.05) is 12.4 Å². The van der Waals surface area contributed by atoms with Gasteiger partial charge in [0.1, 0.15) is 18.2 Å². The summed E-state index contributed by atoms with van der Waals surface area (Å²) in [5, 5.41) is -0.316. The van der Waals surface area contributed by atoms with Crippen LogP contribution in [-0.4, -0.2) is 22.5 Å². The van der Waals surface area contributed by atoms with Crippen LogP contribution in [0, 0.1) is 5.82 Å². The summed E-state index contributed by atoms with van der Waals surface area (Å²) >= 11 is 0. The quantitative estimate of drug-likeness (QED) is 0.542. The van der Waals surface area contributed by atoms with Crippen LogP contribution in [0.1, 0.15) is 24.7 Å². The molecule has 2 unspecified atom stereocenters. The molecule has 0 fully saturated rings. The van der Waals surface area contributed by atoms with Crippen LogP contribution >= 0.6 is 0 Å². The number of halogens is 1. The molecule has 3 nitrogen and oxygen atoms in total. The smallest absolute Gasteiger partial charge is 0.318 e. The van der Waals surface area contributed by atoms with E-state index in [0.717, 1.165) is 11.1 Å². The number of allylic oxidation sites excluding steroid dienone is 1. The van der Waals surface area contributed by atoms with E-state index >= 15 is 0 Å². The largest absolute Gasteiger partial charge is 0.461 e. The molecule has 0 saturated heterocycles. The van der Waals surface area contributed by atoms with Gasteiger partial charge in [-0.25, -0.2) is 4.39 Å². The summed E-state index contributed by atoms with van der Waals surface area (Å²) in [6, 6.07) is 13.8. The predicted octanol–water partition coefficient (Wildman–Crippen LogP) is 4.42. The topological polar surface area (TPSA) is 43.4 Å². The number of ether oxygens (including phenoxy) is 1. The molecule has 2 rings (SSSR count). The Morgan fingerprint density at radius 3 is 2.52 bits per heavy atom. The first-order valence-electron chi connectivity index (χ1n) is 8.01. The Morgan fingerprint density at radius 2 is 1.88 bits per heavy atom. The molecule has 0 amide bonds. The molecule has 132 valence electrons. The Labute approximate surface area is 150 Å². The maximum absolute atomic E-state index is 13.8. The molecule has 0 aliphatic rings. The van der Waals surface area contributed by atoms with E-state index < -0.39 is 16.8 Å². The van der Waals surface area contributed by atoms with E-state index in [4.69, 9.17) is 4.74 Å². The lowest BCUT2D eigenvalue weighted by Gasteiger charge is -2.12. The van der Waals surface area contributed by atoms with Crippen LogP contribution in [0.5, 0.6) is 0 Å². The van der Waals surface area contributed by atoms with Crippen molar-refractivity contribution < 1.29 is 18.1 Å². The number of esters is 1. The Bertz CT molecular complexity index is 769. The van der Waals surface area contributed by atoms with E-state index in [2.05, 4.69) is 0 Å². The molecule has 2 aromatic rings. The van der Waals surface area contributed by atoms with Crippen LogP contribution in [0.25, 0.3) is 11.1 Å². The Kier molecular flexibility index (Phi) is 7.07. The highest BCUT2D eigenvalue weighted by molar-refractivity contribution is 7.85. The number of benzene rings is 2. The molecule has 2 aromatic carbocycles. The molecule has 2 atom stereocenters. The Balaban J connectivity index is 2.02. The van der Waals surface area contributed by atoms with Crippen LogP contribution in [0.15, 0.2) is 60.7 Å². The second kappa shape index (κ2) is 9.28. The van der Waals surface area contributed by atoms with E-state index in [1.807, 2.05) is 19.1 Å². The molecular formula is C20H21FO3S. The molecule has 0 spiro atoms. The third kappa shape index (κ3) is 5.36. The predicted molar refractivity (Wildman–Crippen MR) is 99.0 cm³/mol. The number of rotatable bonds is 7. The zero-order valence-electron chi connectivity index (χ0n) is 14.3. The lowest BCUT2D eigenvalue weighted by Crippen LogP contribution is -2.17. The summed E-state index contributed by atoms with van der Waals surface area (Å²) in [5.74, 6) is -0.907. The van der Waals surface area contributed by atoms with Crippen LogP contribution < -0.4 is 0 Å². The van der Waals surface area contributed by atoms with Gasteiger partial charge < -0.3 is 4.74 Å². The summed E-state index contributed by atoms with van der Waals surface area (Å²) in [7, 11) is -1.38. The molecule has 0 radical (unpaired) electrons. The Morgan fingerprint density at radius 1 is 1.20 bits per heavy atom. The molecule has 0 aliphatic carbocycles. The van der Waals surface area contributed by atoms with E-state index in [0.29, 0.717) is 5.56 Å². The monoisotopic (exact) mass is 360 g/mol. The van der Waals surface area contributed by atoms with Gasteiger partial charge in [-0.2, -0.15) is 0 Å². The lowest BCUT2D eigenvalue weighted by atomic mass is 10.0. The van der Waals surface area contributed by atoms with Crippen molar-refractivity contribution in [3.8, 4) is 11.1 Å². The second-order valence-corrected chi connectivity index (χ2v) is 7.28. The average molecular weight is 360 g/mol. The van der Waals surface area contributed by atoms with Gasteiger partial charge in [0.15, 0.2) is 0 Å². The fraction of sp³-hybridized carbons (Fsp3) is 0.250. The zero-order valence-corrected chi connectivity index (χ0v) is 15.1. The maximum Gasteiger partial charge on any atom is 0.318 e. The molecule has 0 aliphatic heterocycles. The molecule has 25 heavy (non-hydrogen) atoms. The highest BCUT2D eigenvalue weighted by Gasteiger charge is 2.18. The number of carbonyl (C=O) groups is 1. The minimum atomic E-state index is -1.38. The van der Waals surface area contributed by atoms with Crippen molar-refractivity contribution in [3.63, 3.8) is 0 Å². The summed E-state index contributed by atoms with van der Waals surface area (Å²) in [6.45, 7) is 3.82. The van der Waals surface area contributed by atoms with Gasteiger partial charge in [0.25, 0.3) is 0 Å². The summed E-state index contributed by atoms with van der Waals surface area (Å²) in [5.41, 5.74) is 2.11. The average Bonchev–Trinajstić information content (AvgIpc) is 2.62. The van der Waals surface area contributed by atoms with Crippen LogP contribution in [0.4, 0.5) is 4.39 Å². The zero-order chi connectivity index (χ0) is 18.2. The first kappa shape index (κ1) is 19.1. The van der Waals surface area contributed by atoms with Gasteiger partial charge in [0.2, 0.25) is 0 Å². The van der Waals surface area contributed by atoms with E-state index in [-0.39, 0.29) is 23.4 Å². The third-order valence-corrected chi connectivity index (χ3v) is 5.38. The standard InChI is InChI=1S/C20H21FO3S/c1-3-4-13-24-20(22)14-25(23)15(2)16-9-11-17(12-10-16)18-7-5-6-8-19(18)21/h3-12,15H,13-14H2,1-2H3. The van der Waals surface area contributed by atoms with Crippen molar-refractivity contribution in [1.29, 1.82) is 0 Å². The van der Waals surface area contributed by atoms with Gasteiger partial charge in [-0.3, -0.25) is 9.00 Å². The van der Waals surface area contributed by atoms with E-state index in [1.165, 1.54) is 6.07 Å². The van der Waals surface area contributed by atoms with Gasteiger partial charge >= 0.3 is 5.97 Å². The Hall–Kier alpha value is -2.27. The van der Waals surface area contributed by atoms with Gasteiger partial charge in [-0.1, -0.05) is 54.6 Å². The molecule has 0 heterocycles. The third-order valence-electron chi connectivity index (χ3n) is 3.80. The fourth-order valence-electron chi connectivity index (χ4n) is 2.30. The van der Waals surface area contributed by atoms with E-state index in [9.17, 15) is 13.4 Å². The highest BCUT2D eigenvalue weighted by atomic mass is 32.2. The van der Waals surface area contributed by atoms with Crippen LogP contribution in [0.2, 0.25) is 0 Å². The molecule has 0 N–H and O–H groups in total. The van der Waals surface area contributed by atoms with Crippen molar-refractivity contribution in [3.05, 3.63) is 72.1 Å². The molecule has 5 heteroatoms. The first-order chi connectivity index (χ1) is 12.0. The summed E-state index contributed by atoms with van der Waals surface area (Å²) in [4.78, 5) is 11.6. The lowest BCUT2D eigenvalue weighted by molar-refractivity contribution is -0.139. The van der Waals surface area contributed by atoms with Crippen LogP contribution in [-0.2, 0) is 20.3 Å². The summed E-state index contributed by atoms with van der Waals surface area (Å²) in [6.07, 6.45) is 3.50. The van der Waals surface area contributed by atoms with Gasteiger partial charge in [0.05, 0.1) is 5.25 Å². The molecule has 0 bridgehead atoms. The minimum Gasteiger partial charge on any atom is -0.461 e. The van der Waals surface area contributed by atoms with Gasteiger partial charge in [-0.15, -0.1) is 0 Å². The van der Waals surface area contributed by atoms with E-state index in [1.54, 1.807) is 49.4 Å². The van der Waals surface area contributed by atoms with Gasteiger partial charge in [-0.05, 0) is 31.0 Å². The number of hydrogen-bond donors (Lipinski definition) is 0. The second-order valence-electron chi connectivity index (χ2n) is 5.52. The SMILES string of the molecule is CC=CCOC(=O)CS(=O)C(C)c1ccc(-c2ccccc2F)cc1. The fourth-order valence-corrected chi connectivity index (χ4v) is 3.33. The van der Waals surface area contributed by atoms with Crippen molar-refractivity contribution >= 4 is 16.8 Å². The molecular weight excluding hydrogens is 339 g/mol. The van der Waals surface area contributed by atoms with Crippen LogP contribution in [0.3, 0.4) is 0 Å². The van der Waals surface area contributed by atoms with Crippen molar-refractivity contribution in [2.45, 2.75) is 19.1 Å². The molecule has 0 aromatic heterocycles. The maximum atomic E-state index is 13.8. The molecule has 0 saturated carbocycles. The number of carbonyl (C=O) groups excluding carboxylic acids is 1. The number of hydrogen-bond acceptors (Lipinski definition) is 3. The van der Waals surface area contributed by atoms with Crippen molar-refractivity contribution in [2.24, 2.45) is 0 Å². The van der Waals surface area contributed by atoms with Crippen molar-refractivity contribution in [1.82, 2.24) is 0 Å². The van der Waals surface area contributed by atoms with Gasteiger partial charge in [0, 0.05) is 16.4 Å². The first-order valence-corrected chi connectivity index (χ1v) is 9.40.